The lowest BCUT2D eigenvalue weighted by Crippen LogP contribution is -2.27. The molecule has 0 bridgehead atoms. The Labute approximate surface area is 211 Å². The molecule has 2 aromatic rings. The van der Waals surface area contributed by atoms with Gasteiger partial charge >= 0.3 is 5.97 Å². The average molecular weight is 524 g/mol. The Morgan fingerprint density at radius 1 is 1.19 bits per heavy atom. The summed E-state index contributed by atoms with van der Waals surface area (Å²) in [5, 5.41) is 20.6. The Morgan fingerprint density at radius 2 is 1.83 bits per heavy atom. The molecule has 0 saturated carbocycles. The Kier molecular flexibility index (Phi) is 10.5. The van der Waals surface area contributed by atoms with E-state index in [9.17, 15) is 27.8 Å². The smallest absolute Gasteiger partial charge is 0.308 e. The largest absolute Gasteiger partial charge is 0.466 e. The van der Waals surface area contributed by atoms with Crippen LogP contribution in [0.4, 0.5) is 10.3 Å². The fourth-order valence-electron chi connectivity index (χ4n) is 3.31. The topological polar surface area (TPSA) is 130 Å². The summed E-state index contributed by atoms with van der Waals surface area (Å²) in [6.07, 6.45) is 2.20. The van der Waals surface area contributed by atoms with Gasteiger partial charge in [0.15, 0.2) is 0 Å². The van der Waals surface area contributed by atoms with Gasteiger partial charge in [0, 0.05) is 24.6 Å². The van der Waals surface area contributed by atoms with E-state index in [2.05, 4.69) is 9.97 Å². The lowest BCUT2D eigenvalue weighted by atomic mass is 9.97. The average Bonchev–Trinajstić information content (AvgIpc) is 2.80. The molecule has 2 N–H and O–H groups in total. The number of anilines is 1. The number of aliphatic hydroxyl groups excluding tert-OH is 2. The fourth-order valence-corrected chi connectivity index (χ4v) is 3.69. The molecule has 0 amide bonds. The summed E-state index contributed by atoms with van der Waals surface area (Å²) in [4.78, 5) is 20.6. The molecule has 0 unspecified atom stereocenters. The highest BCUT2D eigenvalue weighted by Crippen LogP contribution is 2.31. The van der Waals surface area contributed by atoms with Gasteiger partial charge in [-0.3, -0.25) is 4.79 Å². The number of carbonyl (C=O) groups is 1. The molecule has 0 aliphatic carbocycles. The SMILES string of the molecule is CCCOC(=O)C[C@H](O)C[C@H](O)/C=C/c1c(-c2ccc(F)cc2)nc(N(C)S(C)(=O)=O)nc1C(C)C. The molecule has 1 heterocycles. The molecule has 11 heteroatoms. The van der Waals surface area contributed by atoms with Crippen LogP contribution in [0, 0.1) is 5.82 Å². The molecule has 2 rings (SSSR count). The van der Waals surface area contributed by atoms with Crippen molar-refractivity contribution in [2.45, 2.75) is 58.2 Å². The van der Waals surface area contributed by atoms with Crippen molar-refractivity contribution in [1.29, 1.82) is 0 Å². The molecule has 0 aliphatic heterocycles. The summed E-state index contributed by atoms with van der Waals surface area (Å²) in [5.74, 6) is -1.18. The second-order valence-electron chi connectivity index (χ2n) is 8.80. The van der Waals surface area contributed by atoms with E-state index in [4.69, 9.17) is 4.74 Å². The first-order chi connectivity index (χ1) is 16.8. The van der Waals surface area contributed by atoms with Crippen LogP contribution in [0.15, 0.2) is 30.3 Å². The van der Waals surface area contributed by atoms with Crippen LogP contribution >= 0.6 is 0 Å². The van der Waals surface area contributed by atoms with Crippen molar-refractivity contribution in [3.8, 4) is 11.3 Å². The maximum absolute atomic E-state index is 13.6. The second-order valence-corrected chi connectivity index (χ2v) is 10.8. The standard InChI is InChI=1S/C25H34FN3O6S/c1-6-13-35-22(32)15-20(31)14-19(30)11-12-21-23(16(2)3)27-25(29(4)36(5,33)34)28-24(21)17-7-9-18(26)10-8-17/h7-12,16,19-20,30-31H,6,13-15H2,1-5H3/b12-11+/t19-,20-/m1/s1. The summed E-state index contributed by atoms with van der Waals surface area (Å²) in [6.45, 7) is 5.88. The zero-order chi connectivity index (χ0) is 27.0. The quantitative estimate of drug-likeness (QED) is 0.406. The first-order valence-corrected chi connectivity index (χ1v) is 13.5. The second kappa shape index (κ2) is 12.9. The minimum Gasteiger partial charge on any atom is -0.466 e. The van der Waals surface area contributed by atoms with Crippen molar-refractivity contribution in [2.75, 3.05) is 24.2 Å². The van der Waals surface area contributed by atoms with E-state index in [1.807, 2.05) is 20.8 Å². The predicted octanol–water partition coefficient (Wildman–Crippen LogP) is 3.27. The van der Waals surface area contributed by atoms with E-state index < -0.39 is 34.0 Å². The Morgan fingerprint density at radius 3 is 2.39 bits per heavy atom. The number of esters is 1. The summed E-state index contributed by atoms with van der Waals surface area (Å²) >= 11 is 0. The van der Waals surface area contributed by atoms with Crippen LogP contribution in [-0.4, -0.2) is 66.7 Å². The molecule has 0 aliphatic rings. The molecule has 0 spiro atoms. The summed E-state index contributed by atoms with van der Waals surface area (Å²) in [5.41, 5.74) is 1.91. The van der Waals surface area contributed by atoms with E-state index >= 15 is 0 Å². The van der Waals surface area contributed by atoms with Gasteiger partial charge in [0.2, 0.25) is 16.0 Å². The maximum Gasteiger partial charge on any atom is 0.308 e. The van der Waals surface area contributed by atoms with Gasteiger partial charge in [-0.05, 0) is 36.6 Å². The molecule has 1 aromatic heterocycles. The number of hydrogen-bond donors (Lipinski definition) is 2. The summed E-state index contributed by atoms with van der Waals surface area (Å²) in [6, 6.07) is 5.57. The monoisotopic (exact) mass is 523 g/mol. The molecule has 36 heavy (non-hydrogen) atoms. The third-order valence-electron chi connectivity index (χ3n) is 5.28. The minimum atomic E-state index is -3.65. The number of rotatable bonds is 12. The van der Waals surface area contributed by atoms with Crippen molar-refractivity contribution in [2.24, 2.45) is 0 Å². The molecular formula is C25H34FN3O6S. The molecule has 1 aromatic carbocycles. The van der Waals surface area contributed by atoms with Gasteiger partial charge in [-0.1, -0.05) is 32.9 Å². The Bertz CT molecular complexity index is 1170. The molecular weight excluding hydrogens is 489 g/mol. The van der Waals surface area contributed by atoms with Gasteiger partial charge < -0.3 is 14.9 Å². The van der Waals surface area contributed by atoms with Crippen molar-refractivity contribution in [1.82, 2.24) is 9.97 Å². The molecule has 0 saturated heterocycles. The number of benzene rings is 1. The number of sulfonamides is 1. The fraction of sp³-hybridized carbons (Fsp3) is 0.480. The van der Waals surface area contributed by atoms with Crippen LogP contribution in [-0.2, 0) is 19.6 Å². The number of carbonyl (C=O) groups excluding carboxylic acids is 1. The van der Waals surface area contributed by atoms with E-state index in [0.29, 0.717) is 28.9 Å². The van der Waals surface area contributed by atoms with E-state index in [0.717, 1.165) is 10.6 Å². The first kappa shape index (κ1) is 29.3. The van der Waals surface area contributed by atoms with Crippen molar-refractivity contribution in [3.63, 3.8) is 0 Å². The zero-order valence-corrected chi connectivity index (χ0v) is 22.0. The van der Waals surface area contributed by atoms with Gasteiger partial charge in [0.25, 0.3) is 0 Å². The highest BCUT2D eigenvalue weighted by atomic mass is 32.2. The minimum absolute atomic E-state index is 0.0424. The normalized spacial score (nSPS) is 13.7. The summed E-state index contributed by atoms with van der Waals surface area (Å²) in [7, 11) is -2.30. The molecule has 2 atom stereocenters. The van der Waals surface area contributed by atoms with Crippen LogP contribution in [0.3, 0.4) is 0 Å². The van der Waals surface area contributed by atoms with Crippen LogP contribution in [0.5, 0.6) is 0 Å². The van der Waals surface area contributed by atoms with Crippen molar-refractivity contribution < 1.29 is 32.6 Å². The summed E-state index contributed by atoms with van der Waals surface area (Å²) < 4.78 is 43.8. The first-order valence-electron chi connectivity index (χ1n) is 11.6. The molecule has 0 fully saturated rings. The third-order valence-corrected chi connectivity index (χ3v) is 6.43. The van der Waals surface area contributed by atoms with Gasteiger partial charge in [0.05, 0.1) is 42.9 Å². The number of halogens is 1. The van der Waals surface area contributed by atoms with Crippen LogP contribution in [0.1, 0.15) is 57.2 Å². The van der Waals surface area contributed by atoms with Crippen molar-refractivity contribution in [3.05, 3.63) is 47.4 Å². The van der Waals surface area contributed by atoms with E-state index in [-0.39, 0.29) is 31.3 Å². The van der Waals surface area contributed by atoms with Crippen molar-refractivity contribution >= 4 is 28.0 Å². The van der Waals surface area contributed by atoms with E-state index in [1.54, 1.807) is 6.08 Å². The number of nitrogens with zero attached hydrogens (tertiary/aromatic N) is 3. The Balaban J connectivity index is 2.46. The molecule has 0 radical (unpaired) electrons. The maximum atomic E-state index is 13.6. The highest BCUT2D eigenvalue weighted by Gasteiger charge is 2.22. The highest BCUT2D eigenvalue weighted by molar-refractivity contribution is 7.92. The number of aromatic nitrogens is 2. The Hall–Kier alpha value is -2.89. The van der Waals surface area contributed by atoms with Gasteiger partial charge in [-0.25, -0.2) is 27.1 Å². The number of aliphatic hydroxyl groups is 2. The van der Waals surface area contributed by atoms with Gasteiger partial charge in [-0.2, -0.15) is 0 Å². The lowest BCUT2D eigenvalue weighted by Gasteiger charge is -2.20. The zero-order valence-electron chi connectivity index (χ0n) is 21.2. The predicted molar refractivity (Wildman–Crippen MR) is 136 cm³/mol. The van der Waals surface area contributed by atoms with Crippen LogP contribution in [0.2, 0.25) is 0 Å². The van der Waals surface area contributed by atoms with Crippen LogP contribution in [0.25, 0.3) is 17.3 Å². The van der Waals surface area contributed by atoms with Crippen LogP contribution < -0.4 is 4.31 Å². The van der Waals surface area contributed by atoms with Gasteiger partial charge in [-0.15, -0.1) is 0 Å². The van der Waals surface area contributed by atoms with E-state index in [1.165, 1.54) is 37.4 Å². The third kappa shape index (κ3) is 8.35. The lowest BCUT2D eigenvalue weighted by molar-refractivity contribution is -0.146. The number of ether oxygens (including phenoxy) is 1. The molecule has 198 valence electrons. The molecule has 9 nitrogen and oxygen atoms in total. The number of hydrogen-bond acceptors (Lipinski definition) is 8. The van der Waals surface area contributed by atoms with Gasteiger partial charge in [0.1, 0.15) is 5.82 Å².